The van der Waals surface area contributed by atoms with Crippen LogP contribution >= 0.6 is 31.9 Å². The van der Waals surface area contributed by atoms with Crippen molar-refractivity contribution in [2.24, 2.45) is 0 Å². The van der Waals surface area contributed by atoms with Crippen molar-refractivity contribution in [2.75, 3.05) is 0 Å². The maximum atomic E-state index is 4.51. The predicted octanol–water partition coefficient (Wildman–Crippen LogP) is 5.43. The van der Waals surface area contributed by atoms with Gasteiger partial charge < -0.3 is 0 Å². The SMILES string of the molecule is Brc1cc(-c2ccccc2)c2c(Br)cccc2n1. The number of pyridine rings is 1. The van der Waals surface area contributed by atoms with Gasteiger partial charge in [0.2, 0.25) is 0 Å². The molecule has 0 saturated carbocycles. The quantitative estimate of drug-likeness (QED) is 0.526. The van der Waals surface area contributed by atoms with Gasteiger partial charge in [-0.1, -0.05) is 52.3 Å². The van der Waals surface area contributed by atoms with E-state index in [-0.39, 0.29) is 0 Å². The molecule has 0 aliphatic heterocycles. The van der Waals surface area contributed by atoms with Gasteiger partial charge in [-0.15, -0.1) is 0 Å². The molecule has 0 atom stereocenters. The Balaban J connectivity index is 2.41. The number of hydrogen-bond donors (Lipinski definition) is 0. The molecule has 1 heterocycles. The lowest BCUT2D eigenvalue weighted by Crippen LogP contribution is -1.87. The van der Waals surface area contributed by atoms with E-state index < -0.39 is 0 Å². The Labute approximate surface area is 122 Å². The van der Waals surface area contributed by atoms with Crippen LogP contribution in [0, 0.1) is 0 Å². The minimum absolute atomic E-state index is 0.854. The first-order valence-electron chi connectivity index (χ1n) is 5.56. The van der Waals surface area contributed by atoms with Gasteiger partial charge in [0.15, 0.2) is 0 Å². The second kappa shape index (κ2) is 4.82. The Hall–Kier alpha value is -1.19. The number of benzene rings is 2. The first-order chi connectivity index (χ1) is 8.75. The lowest BCUT2D eigenvalue weighted by molar-refractivity contribution is 1.35. The zero-order chi connectivity index (χ0) is 12.5. The standard InChI is InChI=1S/C15H9Br2N/c16-12-7-4-8-13-15(12)11(9-14(17)18-13)10-5-2-1-3-6-10/h1-9H. The average Bonchev–Trinajstić information content (AvgIpc) is 2.39. The van der Waals surface area contributed by atoms with Crippen LogP contribution in [0.15, 0.2) is 63.7 Å². The summed E-state index contributed by atoms with van der Waals surface area (Å²) in [6, 6.07) is 18.5. The first kappa shape index (κ1) is 11.9. The molecule has 0 fully saturated rings. The number of halogens is 2. The smallest absolute Gasteiger partial charge is 0.107 e. The minimum Gasteiger partial charge on any atom is -0.241 e. The van der Waals surface area contributed by atoms with Crippen LogP contribution in [0.1, 0.15) is 0 Å². The zero-order valence-corrected chi connectivity index (χ0v) is 12.6. The average molecular weight is 363 g/mol. The van der Waals surface area contributed by atoms with Gasteiger partial charge in [0.25, 0.3) is 0 Å². The summed E-state index contributed by atoms with van der Waals surface area (Å²) in [5.41, 5.74) is 3.36. The summed E-state index contributed by atoms with van der Waals surface area (Å²) >= 11 is 7.09. The number of rotatable bonds is 1. The van der Waals surface area contributed by atoms with Gasteiger partial charge in [-0.05, 0) is 45.3 Å². The number of fused-ring (bicyclic) bond motifs is 1. The predicted molar refractivity (Wildman–Crippen MR) is 82.6 cm³/mol. The Bertz CT molecular complexity index is 708. The van der Waals surface area contributed by atoms with Crippen LogP contribution in [0.25, 0.3) is 22.0 Å². The van der Waals surface area contributed by atoms with Gasteiger partial charge in [0.1, 0.15) is 4.60 Å². The summed E-state index contributed by atoms with van der Waals surface area (Å²) < 4.78 is 1.92. The van der Waals surface area contributed by atoms with Crippen LogP contribution in [0.3, 0.4) is 0 Å². The molecule has 0 aliphatic rings. The first-order valence-corrected chi connectivity index (χ1v) is 7.14. The van der Waals surface area contributed by atoms with Gasteiger partial charge in [-0.3, -0.25) is 0 Å². The van der Waals surface area contributed by atoms with Crippen molar-refractivity contribution in [3.05, 3.63) is 63.7 Å². The maximum Gasteiger partial charge on any atom is 0.107 e. The van der Waals surface area contributed by atoms with Gasteiger partial charge >= 0.3 is 0 Å². The van der Waals surface area contributed by atoms with Crippen LogP contribution < -0.4 is 0 Å². The lowest BCUT2D eigenvalue weighted by atomic mass is 10.0. The van der Waals surface area contributed by atoms with E-state index in [2.05, 4.69) is 55.0 Å². The zero-order valence-electron chi connectivity index (χ0n) is 9.40. The Morgan fingerprint density at radius 3 is 2.39 bits per heavy atom. The summed E-state index contributed by atoms with van der Waals surface area (Å²) in [6.45, 7) is 0. The maximum absolute atomic E-state index is 4.51. The van der Waals surface area contributed by atoms with Crippen LogP contribution in [-0.2, 0) is 0 Å². The molecule has 3 rings (SSSR count). The van der Waals surface area contributed by atoms with Gasteiger partial charge in [0.05, 0.1) is 5.52 Å². The molecule has 0 saturated heterocycles. The van der Waals surface area contributed by atoms with Crippen molar-refractivity contribution in [3.63, 3.8) is 0 Å². The second-order valence-electron chi connectivity index (χ2n) is 3.99. The Morgan fingerprint density at radius 2 is 1.61 bits per heavy atom. The molecule has 0 aliphatic carbocycles. The molecule has 0 radical (unpaired) electrons. The molecule has 0 N–H and O–H groups in total. The molecule has 0 bridgehead atoms. The van der Waals surface area contributed by atoms with E-state index in [4.69, 9.17) is 0 Å². The molecule has 3 heteroatoms. The van der Waals surface area contributed by atoms with Crippen molar-refractivity contribution < 1.29 is 0 Å². The minimum atomic E-state index is 0.854. The van der Waals surface area contributed by atoms with Crippen molar-refractivity contribution in [3.8, 4) is 11.1 Å². The number of aromatic nitrogens is 1. The van der Waals surface area contributed by atoms with Crippen molar-refractivity contribution in [1.82, 2.24) is 4.98 Å². The van der Waals surface area contributed by atoms with Crippen molar-refractivity contribution >= 4 is 42.8 Å². The molecule has 0 spiro atoms. The van der Waals surface area contributed by atoms with Crippen molar-refractivity contribution in [1.29, 1.82) is 0 Å². The third kappa shape index (κ3) is 2.08. The van der Waals surface area contributed by atoms with Crippen LogP contribution in [0.2, 0.25) is 0 Å². The Kier molecular flexibility index (Phi) is 3.18. The molecule has 3 aromatic rings. The molecule has 0 amide bonds. The number of hydrogen-bond acceptors (Lipinski definition) is 1. The fourth-order valence-corrected chi connectivity index (χ4v) is 3.05. The lowest BCUT2D eigenvalue weighted by Gasteiger charge is -2.09. The highest BCUT2D eigenvalue weighted by atomic mass is 79.9. The van der Waals surface area contributed by atoms with Gasteiger partial charge in [-0.25, -0.2) is 4.98 Å². The fourth-order valence-electron chi connectivity index (χ4n) is 2.06. The van der Waals surface area contributed by atoms with E-state index in [0.717, 1.165) is 20.0 Å². The van der Waals surface area contributed by atoms with E-state index >= 15 is 0 Å². The molecular weight excluding hydrogens is 354 g/mol. The van der Waals surface area contributed by atoms with Crippen LogP contribution in [0.4, 0.5) is 0 Å². The van der Waals surface area contributed by atoms with Crippen LogP contribution in [0.5, 0.6) is 0 Å². The highest BCUT2D eigenvalue weighted by molar-refractivity contribution is 9.11. The topological polar surface area (TPSA) is 12.9 Å². The van der Waals surface area contributed by atoms with E-state index in [9.17, 15) is 0 Å². The molecule has 2 aromatic carbocycles. The Morgan fingerprint density at radius 1 is 0.833 bits per heavy atom. The number of nitrogens with zero attached hydrogens (tertiary/aromatic N) is 1. The van der Waals surface area contributed by atoms with E-state index in [1.54, 1.807) is 0 Å². The summed E-state index contributed by atoms with van der Waals surface area (Å²) in [5, 5.41) is 1.15. The summed E-state index contributed by atoms with van der Waals surface area (Å²) in [4.78, 5) is 4.51. The van der Waals surface area contributed by atoms with Gasteiger partial charge in [0, 0.05) is 9.86 Å². The van der Waals surface area contributed by atoms with E-state index in [1.165, 1.54) is 11.1 Å². The fraction of sp³-hybridized carbons (Fsp3) is 0. The summed E-state index contributed by atoms with van der Waals surface area (Å²) in [6.07, 6.45) is 0. The second-order valence-corrected chi connectivity index (χ2v) is 5.66. The monoisotopic (exact) mass is 361 g/mol. The molecule has 1 nitrogen and oxygen atoms in total. The highest BCUT2D eigenvalue weighted by Crippen LogP contribution is 2.34. The normalized spacial score (nSPS) is 10.8. The molecule has 0 unspecified atom stereocenters. The van der Waals surface area contributed by atoms with Crippen molar-refractivity contribution in [2.45, 2.75) is 0 Å². The largest absolute Gasteiger partial charge is 0.241 e. The van der Waals surface area contributed by atoms with Gasteiger partial charge in [-0.2, -0.15) is 0 Å². The van der Waals surface area contributed by atoms with Crippen LogP contribution in [-0.4, -0.2) is 4.98 Å². The molecule has 18 heavy (non-hydrogen) atoms. The summed E-state index contributed by atoms with van der Waals surface area (Å²) in [5.74, 6) is 0. The third-order valence-corrected chi connectivity index (χ3v) is 3.90. The molecular formula is C15H9Br2N. The highest BCUT2D eigenvalue weighted by Gasteiger charge is 2.09. The summed E-state index contributed by atoms with van der Waals surface area (Å²) in [7, 11) is 0. The molecule has 88 valence electrons. The molecule has 1 aromatic heterocycles. The van der Waals surface area contributed by atoms with E-state index in [1.807, 2.05) is 36.4 Å². The third-order valence-electron chi connectivity index (χ3n) is 2.84. The van der Waals surface area contributed by atoms with E-state index in [0.29, 0.717) is 0 Å².